The molecule has 0 unspecified atom stereocenters. The Balaban J connectivity index is 2.36. The smallest absolute Gasteiger partial charge is 0.198 e. The van der Waals surface area contributed by atoms with Gasteiger partial charge in [0, 0.05) is 17.4 Å². The van der Waals surface area contributed by atoms with E-state index in [1.54, 1.807) is 6.07 Å². The maximum absolute atomic E-state index is 13.1. The standard InChI is InChI=1S/C12H9FO2/c13-7-4-5-11-9(6-7)8-2-1-3-10(14)12(8)15-11/h4-6H,1-3H2. The number of carbonyl (C=O) groups is 1. The van der Waals surface area contributed by atoms with Crippen molar-refractivity contribution in [2.45, 2.75) is 19.3 Å². The van der Waals surface area contributed by atoms with Crippen LogP contribution in [0.4, 0.5) is 4.39 Å². The molecule has 0 spiro atoms. The van der Waals surface area contributed by atoms with Crippen molar-refractivity contribution >= 4 is 16.8 Å². The van der Waals surface area contributed by atoms with E-state index in [0.29, 0.717) is 17.8 Å². The summed E-state index contributed by atoms with van der Waals surface area (Å²) in [6, 6.07) is 4.37. The fourth-order valence-corrected chi connectivity index (χ4v) is 2.13. The van der Waals surface area contributed by atoms with E-state index in [4.69, 9.17) is 4.42 Å². The fraction of sp³-hybridized carbons (Fsp3) is 0.250. The van der Waals surface area contributed by atoms with E-state index in [1.165, 1.54) is 12.1 Å². The van der Waals surface area contributed by atoms with Crippen LogP contribution < -0.4 is 0 Å². The van der Waals surface area contributed by atoms with Crippen molar-refractivity contribution in [3.8, 4) is 0 Å². The molecular weight excluding hydrogens is 195 g/mol. The predicted molar refractivity (Wildman–Crippen MR) is 53.4 cm³/mol. The van der Waals surface area contributed by atoms with E-state index in [-0.39, 0.29) is 11.6 Å². The Morgan fingerprint density at radius 3 is 3.00 bits per heavy atom. The van der Waals surface area contributed by atoms with Gasteiger partial charge in [-0.1, -0.05) is 0 Å². The molecule has 0 aliphatic heterocycles. The minimum Gasteiger partial charge on any atom is -0.453 e. The maximum Gasteiger partial charge on any atom is 0.198 e. The Morgan fingerprint density at radius 2 is 2.13 bits per heavy atom. The van der Waals surface area contributed by atoms with Gasteiger partial charge in [0.05, 0.1) is 0 Å². The number of fused-ring (bicyclic) bond motifs is 3. The molecule has 2 nitrogen and oxygen atoms in total. The highest BCUT2D eigenvalue weighted by atomic mass is 19.1. The van der Waals surface area contributed by atoms with Crippen LogP contribution in [0.3, 0.4) is 0 Å². The van der Waals surface area contributed by atoms with Crippen LogP contribution >= 0.6 is 0 Å². The molecule has 1 aliphatic rings. The van der Waals surface area contributed by atoms with Gasteiger partial charge >= 0.3 is 0 Å². The number of aryl methyl sites for hydroxylation is 1. The van der Waals surface area contributed by atoms with Crippen LogP contribution in [0.2, 0.25) is 0 Å². The molecule has 0 saturated carbocycles. The van der Waals surface area contributed by atoms with Crippen LogP contribution in [-0.4, -0.2) is 5.78 Å². The molecule has 0 amide bonds. The minimum absolute atomic E-state index is 0.0351. The lowest BCUT2D eigenvalue weighted by atomic mass is 9.95. The van der Waals surface area contributed by atoms with E-state index in [2.05, 4.69) is 0 Å². The van der Waals surface area contributed by atoms with E-state index < -0.39 is 0 Å². The third-order valence-electron chi connectivity index (χ3n) is 2.84. The normalized spacial score (nSPS) is 15.7. The number of Topliss-reactive ketones (excluding diaryl/α,β-unsaturated/α-hetero) is 1. The molecule has 2 aromatic rings. The minimum atomic E-state index is -0.288. The van der Waals surface area contributed by atoms with Crippen molar-refractivity contribution in [3.05, 3.63) is 35.3 Å². The Kier molecular flexibility index (Phi) is 1.69. The summed E-state index contributed by atoms with van der Waals surface area (Å²) in [6.45, 7) is 0. The number of halogens is 1. The predicted octanol–water partition coefficient (Wildman–Crippen LogP) is 3.09. The van der Waals surface area contributed by atoms with Crippen LogP contribution in [0.5, 0.6) is 0 Å². The van der Waals surface area contributed by atoms with E-state index in [9.17, 15) is 9.18 Å². The van der Waals surface area contributed by atoms with Crippen molar-refractivity contribution in [2.24, 2.45) is 0 Å². The molecule has 3 rings (SSSR count). The summed E-state index contributed by atoms with van der Waals surface area (Å²) in [5, 5.41) is 0.748. The average molecular weight is 204 g/mol. The molecule has 0 N–H and O–H groups in total. The monoisotopic (exact) mass is 204 g/mol. The van der Waals surface area contributed by atoms with Gasteiger partial charge in [-0.2, -0.15) is 0 Å². The summed E-state index contributed by atoms with van der Waals surface area (Å²) in [6.07, 6.45) is 2.17. The van der Waals surface area contributed by atoms with Crippen LogP contribution in [0, 0.1) is 5.82 Å². The van der Waals surface area contributed by atoms with Gasteiger partial charge in [-0.25, -0.2) is 4.39 Å². The molecule has 1 aromatic carbocycles. The third-order valence-corrected chi connectivity index (χ3v) is 2.84. The second-order valence-corrected chi connectivity index (χ2v) is 3.83. The van der Waals surface area contributed by atoms with E-state index >= 15 is 0 Å². The number of benzene rings is 1. The van der Waals surface area contributed by atoms with Gasteiger partial charge in [0.15, 0.2) is 11.5 Å². The molecule has 76 valence electrons. The maximum atomic E-state index is 13.1. The molecule has 1 aromatic heterocycles. The number of hydrogen-bond donors (Lipinski definition) is 0. The number of rotatable bonds is 0. The quantitative estimate of drug-likeness (QED) is 0.660. The highest BCUT2D eigenvalue weighted by Crippen LogP contribution is 2.32. The SMILES string of the molecule is O=C1CCCc2c1oc1ccc(F)cc21. The Labute approximate surface area is 85.7 Å². The third kappa shape index (κ3) is 1.19. The molecule has 15 heavy (non-hydrogen) atoms. The van der Waals surface area contributed by atoms with Crippen LogP contribution in [-0.2, 0) is 6.42 Å². The zero-order chi connectivity index (χ0) is 10.4. The molecule has 0 fully saturated rings. The van der Waals surface area contributed by atoms with Crippen molar-refractivity contribution < 1.29 is 13.6 Å². The topological polar surface area (TPSA) is 30.2 Å². The molecule has 0 radical (unpaired) electrons. The first-order valence-corrected chi connectivity index (χ1v) is 5.00. The van der Waals surface area contributed by atoms with Gasteiger partial charge in [-0.15, -0.1) is 0 Å². The Hall–Kier alpha value is -1.64. The van der Waals surface area contributed by atoms with Crippen molar-refractivity contribution in [1.82, 2.24) is 0 Å². The van der Waals surface area contributed by atoms with Gasteiger partial charge < -0.3 is 4.42 Å². The first kappa shape index (κ1) is 8.65. The van der Waals surface area contributed by atoms with Crippen molar-refractivity contribution in [2.75, 3.05) is 0 Å². The highest BCUT2D eigenvalue weighted by Gasteiger charge is 2.24. The van der Waals surface area contributed by atoms with Gasteiger partial charge in [0.2, 0.25) is 0 Å². The summed E-state index contributed by atoms with van der Waals surface area (Å²) in [5.41, 5.74) is 1.48. The Bertz CT molecular complexity index is 554. The largest absolute Gasteiger partial charge is 0.453 e. The van der Waals surface area contributed by atoms with Crippen LogP contribution in [0.25, 0.3) is 11.0 Å². The summed E-state index contributed by atoms with van der Waals surface area (Å²) in [5.74, 6) is 0.179. The number of ketones is 1. The second kappa shape index (κ2) is 2.92. The lowest BCUT2D eigenvalue weighted by Crippen LogP contribution is -2.07. The zero-order valence-electron chi connectivity index (χ0n) is 8.05. The first-order chi connectivity index (χ1) is 7.25. The summed E-state index contributed by atoms with van der Waals surface area (Å²) < 4.78 is 18.5. The zero-order valence-corrected chi connectivity index (χ0v) is 8.05. The van der Waals surface area contributed by atoms with Crippen molar-refractivity contribution in [3.63, 3.8) is 0 Å². The fourth-order valence-electron chi connectivity index (χ4n) is 2.13. The molecule has 0 atom stereocenters. The van der Waals surface area contributed by atoms with Crippen molar-refractivity contribution in [1.29, 1.82) is 0 Å². The summed E-state index contributed by atoms with van der Waals surface area (Å²) >= 11 is 0. The lowest BCUT2D eigenvalue weighted by molar-refractivity contribution is 0.0946. The number of carbonyl (C=O) groups excluding carboxylic acids is 1. The molecule has 1 heterocycles. The average Bonchev–Trinajstić information content (AvgIpc) is 2.58. The molecule has 0 bridgehead atoms. The second-order valence-electron chi connectivity index (χ2n) is 3.83. The van der Waals surface area contributed by atoms with E-state index in [0.717, 1.165) is 23.8 Å². The highest BCUT2D eigenvalue weighted by molar-refractivity contribution is 6.01. The van der Waals surface area contributed by atoms with Crippen LogP contribution in [0.1, 0.15) is 29.0 Å². The van der Waals surface area contributed by atoms with Gasteiger partial charge in [-0.3, -0.25) is 4.79 Å². The first-order valence-electron chi connectivity index (χ1n) is 5.00. The molecule has 0 saturated heterocycles. The number of hydrogen-bond acceptors (Lipinski definition) is 2. The Morgan fingerprint density at radius 1 is 1.27 bits per heavy atom. The number of furan rings is 1. The van der Waals surface area contributed by atoms with Gasteiger partial charge in [-0.05, 0) is 31.0 Å². The molecule has 1 aliphatic carbocycles. The van der Waals surface area contributed by atoms with Crippen LogP contribution in [0.15, 0.2) is 22.6 Å². The van der Waals surface area contributed by atoms with Gasteiger partial charge in [0.1, 0.15) is 11.4 Å². The van der Waals surface area contributed by atoms with E-state index in [1.807, 2.05) is 0 Å². The molecular formula is C12H9FO2. The molecule has 3 heteroatoms. The summed E-state index contributed by atoms with van der Waals surface area (Å²) in [7, 11) is 0. The van der Waals surface area contributed by atoms with Gasteiger partial charge in [0.25, 0.3) is 0 Å². The summed E-state index contributed by atoms with van der Waals surface area (Å²) in [4.78, 5) is 11.6. The lowest BCUT2D eigenvalue weighted by Gasteiger charge is -2.07.